The molecule has 0 bridgehead atoms. The Morgan fingerprint density at radius 2 is 1.92 bits per heavy atom. The Kier molecular flexibility index (Phi) is 8.30. The van der Waals surface area contributed by atoms with Crippen molar-refractivity contribution in [3.05, 3.63) is 29.3 Å². The first-order chi connectivity index (χ1) is 11.7. The minimum absolute atomic E-state index is 0. The lowest BCUT2D eigenvalue weighted by atomic mass is 9.97. The first-order valence-electron chi connectivity index (χ1n) is 8.94. The molecular formula is C18H28Cl2N4O. The molecule has 2 saturated heterocycles. The molecule has 2 aliphatic heterocycles. The number of carbonyl (C=O) groups excluding carboxylic acids is 1. The first kappa shape index (κ1) is 20.3. The minimum Gasteiger partial charge on any atom is -0.369 e. The smallest absolute Gasteiger partial charge is 0.223 e. The predicted octanol–water partition coefficient (Wildman–Crippen LogP) is 2.00. The molecule has 25 heavy (non-hydrogen) atoms. The number of piperidine rings is 1. The molecular weight excluding hydrogens is 359 g/mol. The summed E-state index contributed by atoms with van der Waals surface area (Å²) in [5.74, 6) is 0.431. The van der Waals surface area contributed by atoms with Crippen molar-refractivity contribution < 1.29 is 4.79 Å². The summed E-state index contributed by atoms with van der Waals surface area (Å²) in [6.45, 7) is 7.66. The molecule has 7 heteroatoms. The Balaban J connectivity index is 0.00000225. The number of nitrogens with one attached hydrogen (secondary N) is 2. The molecule has 0 saturated carbocycles. The number of hydrogen-bond donors (Lipinski definition) is 2. The van der Waals surface area contributed by atoms with E-state index in [1.807, 2.05) is 18.2 Å². The number of halogens is 2. The van der Waals surface area contributed by atoms with Gasteiger partial charge in [0.05, 0.1) is 0 Å². The molecule has 0 unspecified atom stereocenters. The second-order valence-electron chi connectivity index (χ2n) is 6.62. The monoisotopic (exact) mass is 386 g/mol. The zero-order valence-electron chi connectivity index (χ0n) is 14.5. The van der Waals surface area contributed by atoms with Crippen LogP contribution in [0.4, 0.5) is 5.69 Å². The topological polar surface area (TPSA) is 47.6 Å². The Bertz CT molecular complexity index is 544. The summed E-state index contributed by atoms with van der Waals surface area (Å²) < 4.78 is 0. The Morgan fingerprint density at radius 1 is 1.20 bits per heavy atom. The van der Waals surface area contributed by atoms with Crippen LogP contribution >= 0.6 is 24.0 Å². The summed E-state index contributed by atoms with van der Waals surface area (Å²) in [5, 5.41) is 7.20. The highest BCUT2D eigenvalue weighted by Crippen LogP contribution is 2.20. The number of anilines is 1. The molecule has 2 fully saturated rings. The average molecular weight is 387 g/mol. The number of amides is 1. The third-order valence-electron chi connectivity index (χ3n) is 4.98. The fraction of sp³-hybridized carbons (Fsp3) is 0.611. The summed E-state index contributed by atoms with van der Waals surface area (Å²) in [5.41, 5.74) is 1.20. The molecule has 0 atom stereocenters. The fourth-order valence-electron chi connectivity index (χ4n) is 3.47. The molecule has 3 rings (SSSR count). The van der Waals surface area contributed by atoms with Crippen molar-refractivity contribution in [2.75, 3.05) is 57.3 Å². The van der Waals surface area contributed by atoms with E-state index in [0.717, 1.165) is 70.2 Å². The molecule has 1 aromatic rings. The van der Waals surface area contributed by atoms with Gasteiger partial charge in [0, 0.05) is 55.9 Å². The van der Waals surface area contributed by atoms with E-state index in [2.05, 4.69) is 26.5 Å². The molecule has 0 spiro atoms. The zero-order chi connectivity index (χ0) is 16.8. The molecule has 0 aliphatic carbocycles. The number of rotatable bonds is 5. The van der Waals surface area contributed by atoms with Crippen LogP contribution in [0.1, 0.15) is 12.8 Å². The van der Waals surface area contributed by atoms with Gasteiger partial charge in [-0.2, -0.15) is 0 Å². The maximum Gasteiger partial charge on any atom is 0.223 e. The highest BCUT2D eigenvalue weighted by atomic mass is 35.5. The van der Waals surface area contributed by atoms with Crippen molar-refractivity contribution in [3.8, 4) is 0 Å². The van der Waals surface area contributed by atoms with Crippen LogP contribution in [0, 0.1) is 5.92 Å². The Labute approximate surface area is 161 Å². The minimum atomic E-state index is 0. The van der Waals surface area contributed by atoms with E-state index in [4.69, 9.17) is 11.6 Å². The molecule has 2 aliphatic rings. The van der Waals surface area contributed by atoms with Crippen LogP contribution in [-0.4, -0.2) is 63.2 Å². The van der Waals surface area contributed by atoms with Gasteiger partial charge in [-0.15, -0.1) is 12.4 Å². The van der Waals surface area contributed by atoms with E-state index in [1.54, 1.807) is 0 Å². The lowest BCUT2D eigenvalue weighted by molar-refractivity contribution is -0.125. The largest absolute Gasteiger partial charge is 0.369 e. The molecule has 140 valence electrons. The van der Waals surface area contributed by atoms with Crippen molar-refractivity contribution >= 4 is 35.6 Å². The van der Waals surface area contributed by atoms with Crippen LogP contribution in [0.25, 0.3) is 0 Å². The zero-order valence-corrected chi connectivity index (χ0v) is 16.1. The molecule has 2 heterocycles. The van der Waals surface area contributed by atoms with E-state index >= 15 is 0 Å². The van der Waals surface area contributed by atoms with Crippen molar-refractivity contribution in [2.24, 2.45) is 5.92 Å². The van der Waals surface area contributed by atoms with Gasteiger partial charge in [0.1, 0.15) is 0 Å². The van der Waals surface area contributed by atoms with E-state index in [0.29, 0.717) is 0 Å². The van der Waals surface area contributed by atoms with Crippen LogP contribution in [0.15, 0.2) is 24.3 Å². The number of carbonyl (C=O) groups is 1. The standard InChI is InChI=1S/C18H27ClN4O.ClH/c19-16-2-1-3-17(14-16)23-12-10-22(11-13-23)9-8-21-18(24)15-4-6-20-7-5-15;/h1-3,14-15,20H,4-13H2,(H,21,24);1H. The second-order valence-corrected chi connectivity index (χ2v) is 7.06. The quantitative estimate of drug-likeness (QED) is 0.812. The molecule has 0 radical (unpaired) electrons. The molecule has 2 N–H and O–H groups in total. The summed E-state index contributed by atoms with van der Waals surface area (Å²) in [7, 11) is 0. The van der Waals surface area contributed by atoms with Crippen molar-refractivity contribution in [1.82, 2.24) is 15.5 Å². The first-order valence-corrected chi connectivity index (χ1v) is 9.31. The average Bonchev–Trinajstić information content (AvgIpc) is 2.63. The summed E-state index contributed by atoms with van der Waals surface area (Å²) in [6, 6.07) is 8.05. The van der Waals surface area contributed by atoms with E-state index in [-0.39, 0.29) is 24.2 Å². The predicted molar refractivity (Wildman–Crippen MR) is 106 cm³/mol. The number of piperazine rings is 1. The van der Waals surface area contributed by atoms with Crippen LogP contribution in [0.3, 0.4) is 0 Å². The van der Waals surface area contributed by atoms with Crippen LogP contribution < -0.4 is 15.5 Å². The number of hydrogen-bond acceptors (Lipinski definition) is 4. The van der Waals surface area contributed by atoms with E-state index in [1.165, 1.54) is 5.69 Å². The maximum absolute atomic E-state index is 12.1. The van der Waals surface area contributed by atoms with Crippen molar-refractivity contribution in [2.45, 2.75) is 12.8 Å². The van der Waals surface area contributed by atoms with E-state index in [9.17, 15) is 4.79 Å². The van der Waals surface area contributed by atoms with Crippen molar-refractivity contribution in [3.63, 3.8) is 0 Å². The van der Waals surface area contributed by atoms with Gasteiger partial charge < -0.3 is 15.5 Å². The van der Waals surface area contributed by atoms with Crippen molar-refractivity contribution in [1.29, 1.82) is 0 Å². The normalized spacial score (nSPS) is 19.3. The van der Waals surface area contributed by atoms with Gasteiger partial charge in [-0.1, -0.05) is 17.7 Å². The highest BCUT2D eigenvalue weighted by Gasteiger charge is 2.21. The van der Waals surface area contributed by atoms with Gasteiger partial charge in [0.15, 0.2) is 0 Å². The molecule has 5 nitrogen and oxygen atoms in total. The van der Waals surface area contributed by atoms with Gasteiger partial charge in [-0.25, -0.2) is 0 Å². The Morgan fingerprint density at radius 3 is 2.60 bits per heavy atom. The third kappa shape index (κ3) is 6.03. The SMILES string of the molecule is Cl.O=C(NCCN1CCN(c2cccc(Cl)c2)CC1)C1CCNCC1. The van der Waals surface area contributed by atoms with Gasteiger partial charge in [-0.05, 0) is 44.1 Å². The van der Waals surface area contributed by atoms with Gasteiger partial charge >= 0.3 is 0 Å². The lowest BCUT2D eigenvalue weighted by Gasteiger charge is -2.36. The number of benzene rings is 1. The van der Waals surface area contributed by atoms with Gasteiger partial charge in [0.25, 0.3) is 0 Å². The molecule has 1 amide bonds. The summed E-state index contributed by atoms with van der Waals surface area (Å²) in [4.78, 5) is 16.9. The van der Waals surface area contributed by atoms with Crippen LogP contribution in [0.5, 0.6) is 0 Å². The number of nitrogens with zero attached hydrogens (tertiary/aromatic N) is 2. The molecule has 0 aromatic heterocycles. The van der Waals surface area contributed by atoms with Crippen LogP contribution in [-0.2, 0) is 4.79 Å². The Hall–Kier alpha value is -1.01. The fourth-order valence-corrected chi connectivity index (χ4v) is 3.65. The lowest BCUT2D eigenvalue weighted by Crippen LogP contribution is -2.49. The van der Waals surface area contributed by atoms with Gasteiger partial charge in [-0.3, -0.25) is 9.69 Å². The second kappa shape index (κ2) is 10.2. The maximum atomic E-state index is 12.1. The third-order valence-corrected chi connectivity index (χ3v) is 5.22. The molecule has 1 aromatic carbocycles. The van der Waals surface area contributed by atoms with Gasteiger partial charge in [0.2, 0.25) is 5.91 Å². The highest BCUT2D eigenvalue weighted by molar-refractivity contribution is 6.30. The summed E-state index contributed by atoms with van der Waals surface area (Å²) in [6.07, 6.45) is 1.92. The summed E-state index contributed by atoms with van der Waals surface area (Å²) >= 11 is 6.07. The van der Waals surface area contributed by atoms with Crippen LogP contribution in [0.2, 0.25) is 5.02 Å². The van der Waals surface area contributed by atoms with E-state index < -0.39 is 0 Å².